The lowest BCUT2D eigenvalue weighted by Gasteiger charge is -2.22. The zero-order valence-electron chi connectivity index (χ0n) is 10.5. The summed E-state index contributed by atoms with van der Waals surface area (Å²) in [5.74, 6) is 1.64. The normalized spacial score (nSPS) is 13.7. The Morgan fingerprint density at radius 2 is 2.12 bits per heavy atom. The van der Waals surface area contributed by atoms with Gasteiger partial charge in [-0.2, -0.15) is 5.10 Å². The zero-order chi connectivity index (χ0) is 12.1. The van der Waals surface area contributed by atoms with Gasteiger partial charge in [0.05, 0.1) is 6.54 Å². The van der Waals surface area contributed by atoms with Gasteiger partial charge in [-0.25, -0.2) is 9.67 Å². The van der Waals surface area contributed by atoms with Gasteiger partial charge >= 0.3 is 0 Å². The fourth-order valence-corrected chi connectivity index (χ4v) is 1.90. The van der Waals surface area contributed by atoms with Crippen molar-refractivity contribution >= 4 is 15.9 Å². The van der Waals surface area contributed by atoms with E-state index in [1.54, 1.807) is 6.33 Å². The van der Waals surface area contributed by atoms with Crippen LogP contribution < -0.4 is 0 Å². The molecule has 1 rings (SSSR count). The van der Waals surface area contributed by atoms with Crippen molar-refractivity contribution in [2.45, 2.75) is 39.9 Å². The summed E-state index contributed by atoms with van der Waals surface area (Å²) in [4.78, 5) is 6.59. The molecular weight excluding hydrogens is 268 g/mol. The van der Waals surface area contributed by atoms with Gasteiger partial charge in [-0.15, -0.1) is 0 Å². The molecule has 0 amide bonds. The Labute approximate surface area is 106 Å². The maximum Gasteiger partial charge on any atom is 0.141 e. The van der Waals surface area contributed by atoms with E-state index in [9.17, 15) is 0 Å². The Morgan fingerprint density at radius 3 is 2.69 bits per heavy atom. The van der Waals surface area contributed by atoms with E-state index in [0.29, 0.717) is 12.0 Å². The minimum atomic E-state index is 0.504. The van der Waals surface area contributed by atoms with Gasteiger partial charge in [0.2, 0.25) is 0 Å². The van der Waals surface area contributed by atoms with Gasteiger partial charge in [0, 0.05) is 17.9 Å². The molecule has 1 heterocycles. The fraction of sp³-hybridized carbons (Fsp3) is 0.818. The topological polar surface area (TPSA) is 34.0 Å². The van der Waals surface area contributed by atoms with Crippen molar-refractivity contribution in [3.05, 3.63) is 12.2 Å². The van der Waals surface area contributed by atoms with Crippen LogP contribution >= 0.6 is 15.9 Å². The molecule has 5 heteroatoms. The Hall–Kier alpha value is -0.420. The molecule has 16 heavy (non-hydrogen) atoms. The van der Waals surface area contributed by atoms with Crippen LogP contribution in [0.15, 0.2) is 6.33 Å². The van der Waals surface area contributed by atoms with Crippen LogP contribution in [0, 0.1) is 5.92 Å². The van der Waals surface area contributed by atoms with Crippen molar-refractivity contribution in [3.8, 4) is 0 Å². The Morgan fingerprint density at radius 1 is 1.44 bits per heavy atom. The third-order valence-electron chi connectivity index (χ3n) is 2.60. The minimum Gasteiger partial charge on any atom is -0.295 e. The second-order valence-corrected chi connectivity index (χ2v) is 5.32. The first-order chi connectivity index (χ1) is 7.54. The van der Waals surface area contributed by atoms with Crippen molar-refractivity contribution in [1.29, 1.82) is 0 Å². The van der Waals surface area contributed by atoms with Crippen molar-refractivity contribution in [3.63, 3.8) is 0 Å². The number of rotatable bonds is 6. The van der Waals surface area contributed by atoms with Gasteiger partial charge in [-0.3, -0.25) is 4.90 Å². The molecule has 1 unspecified atom stereocenters. The van der Waals surface area contributed by atoms with Crippen molar-refractivity contribution in [2.75, 3.05) is 12.4 Å². The molecule has 0 aliphatic heterocycles. The van der Waals surface area contributed by atoms with Gasteiger partial charge < -0.3 is 0 Å². The number of aromatic nitrogens is 3. The summed E-state index contributed by atoms with van der Waals surface area (Å²) >= 11 is 3.49. The van der Waals surface area contributed by atoms with Crippen LogP contribution in [-0.4, -0.2) is 38.1 Å². The minimum absolute atomic E-state index is 0.504. The van der Waals surface area contributed by atoms with Crippen molar-refractivity contribution < 1.29 is 0 Å². The lowest BCUT2D eigenvalue weighted by Crippen LogP contribution is -2.31. The van der Waals surface area contributed by atoms with Gasteiger partial charge in [0.25, 0.3) is 0 Å². The van der Waals surface area contributed by atoms with Gasteiger partial charge in [0.1, 0.15) is 12.2 Å². The molecule has 0 bridgehead atoms. The van der Waals surface area contributed by atoms with E-state index in [1.165, 1.54) is 0 Å². The third kappa shape index (κ3) is 3.87. The summed E-state index contributed by atoms with van der Waals surface area (Å²) in [5, 5.41) is 5.24. The Bertz CT molecular complexity index is 311. The lowest BCUT2D eigenvalue weighted by molar-refractivity contribution is 0.256. The smallest absolute Gasteiger partial charge is 0.141 e. The highest BCUT2D eigenvalue weighted by atomic mass is 79.9. The quantitative estimate of drug-likeness (QED) is 0.753. The molecule has 1 aromatic rings. The first-order valence-electron chi connectivity index (χ1n) is 5.67. The molecule has 1 atom stereocenters. The molecule has 0 radical (unpaired) electrons. The average Bonchev–Trinajstić information content (AvgIpc) is 2.63. The maximum atomic E-state index is 4.32. The predicted octanol–water partition coefficient (Wildman–Crippen LogP) is 2.15. The summed E-state index contributed by atoms with van der Waals surface area (Å²) in [6, 6.07) is 0.504. The number of alkyl halides is 1. The molecule has 0 N–H and O–H groups in total. The molecule has 1 aromatic heterocycles. The summed E-state index contributed by atoms with van der Waals surface area (Å²) in [7, 11) is 2.11. The van der Waals surface area contributed by atoms with Crippen LogP contribution in [0.25, 0.3) is 0 Å². The summed E-state index contributed by atoms with van der Waals surface area (Å²) in [6.45, 7) is 8.36. The molecule has 0 fully saturated rings. The molecule has 0 spiro atoms. The number of halogens is 1. The first kappa shape index (κ1) is 13.6. The summed E-state index contributed by atoms with van der Waals surface area (Å²) < 4.78 is 2.00. The van der Waals surface area contributed by atoms with E-state index in [4.69, 9.17) is 0 Å². The highest BCUT2D eigenvalue weighted by Gasteiger charge is 2.12. The monoisotopic (exact) mass is 288 g/mol. The molecule has 0 aromatic carbocycles. The van der Waals surface area contributed by atoms with Gasteiger partial charge in [-0.1, -0.05) is 29.8 Å². The largest absolute Gasteiger partial charge is 0.295 e. The SMILES string of the molecule is CC(C)Cn1ncnc1CN(C)C(C)CBr. The van der Waals surface area contributed by atoms with E-state index in [-0.39, 0.29) is 0 Å². The first-order valence-corrected chi connectivity index (χ1v) is 6.79. The highest BCUT2D eigenvalue weighted by Crippen LogP contribution is 2.07. The standard InChI is InChI=1S/C11H21BrN4/c1-9(2)6-16-11(13-8-14-16)7-15(4)10(3)5-12/h8-10H,5-7H2,1-4H3. The molecule has 0 aliphatic rings. The molecule has 0 aliphatic carbocycles. The van der Waals surface area contributed by atoms with Gasteiger partial charge in [0.15, 0.2) is 0 Å². The van der Waals surface area contributed by atoms with Crippen LogP contribution in [0.5, 0.6) is 0 Å². The van der Waals surface area contributed by atoms with E-state index in [0.717, 1.165) is 24.2 Å². The number of hydrogen-bond donors (Lipinski definition) is 0. The van der Waals surface area contributed by atoms with Crippen LogP contribution in [-0.2, 0) is 13.1 Å². The lowest BCUT2D eigenvalue weighted by atomic mass is 10.2. The Kier molecular flexibility index (Phi) is 5.41. The molecular formula is C11H21BrN4. The van der Waals surface area contributed by atoms with E-state index in [2.05, 4.69) is 58.7 Å². The van der Waals surface area contributed by atoms with Crippen LogP contribution in [0.1, 0.15) is 26.6 Å². The average molecular weight is 289 g/mol. The highest BCUT2D eigenvalue weighted by molar-refractivity contribution is 9.09. The summed E-state index contributed by atoms with van der Waals surface area (Å²) in [6.07, 6.45) is 1.64. The molecule has 0 saturated carbocycles. The predicted molar refractivity (Wildman–Crippen MR) is 69.6 cm³/mol. The number of hydrogen-bond acceptors (Lipinski definition) is 3. The van der Waals surface area contributed by atoms with Crippen LogP contribution in [0.4, 0.5) is 0 Å². The third-order valence-corrected chi connectivity index (χ3v) is 3.54. The van der Waals surface area contributed by atoms with E-state index >= 15 is 0 Å². The maximum absolute atomic E-state index is 4.32. The van der Waals surface area contributed by atoms with Crippen LogP contribution in [0.3, 0.4) is 0 Å². The second kappa shape index (κ2) is 6.35. The van der Waals surface area contributed by atoms with Crippen molar-refractivity contribution in [2.24, 2.45) is 5.92 Å². The van der Waals surface area contributed by atoms with Crippen LogP contribution in [0.2, 0.25) is 0 Å². The second-order valence-electron chi connectivity index (χ2n) is 4.67. The summed E-state index contributed by atoms with van der Waals surface area (Å²) in [5.41, 5.74) is 0. The van der Waals surface area contributed by atoms with E-state index < -0.39 is 0 Å². The van der Waals surface area contributed by atoms with Gasteiger partial charge in [-0.05, 0) is 19.9 Å². The molecule has 0 saturated heterocycles. The Balaban J connectivity index is 2.62. The zero-order valence-corrected chi connectivity index (χ0v) is 12.1. The number of nitrogens with zero attached hydrogens (tertiary/aromatic N) is 4. The van der Waals surface area contributed by atoms with Crippen molar-refractivity contribution in [1.82, 2.24) is 19.7 Å². The molecule has 92 valence electrons. The molecule has 4 nitrogen and oxygen atoms in total. The fourth-order valence-electron chi connectivity index (χ4n) is 1.41. The van der Waals surface area contributed by atoms with E-state index in [1.807, 2.05) is 4.68 Å².